The van der Waals surface area contributed by atoms with Crippen molar-refractivity contribution in [3.8, 4) is 5.82 Å². The fourth-order valence-corrected chi connectivity index (χ4v) is 4.04. The maximum absolute atomic E-state index is 12.9. The van der Waals surface area contributed by atoms with E-state index in [9.17, 15) is 18.0 Å². The van der Waals surface area contributed by atoms with Gasteiger partial charge in [-0.25, -0.2) is 9.67 Å². The number of benzene rings is 2. The van der Waals surface area contributed by atoms with Crippen molar-refractivity contribution in [1.82, 2.24) is 19.7 Å². The Morgan fingerprint density at radius 3 is 2.58 bits per heavy atom. The lowest BCUT2D eigenvalue weighted by Crippen LogP contribution is -2.32. The smallest absolute Gasteiger partial charge is 0.294 e. The van der Waals surface area contributed by atoms with Crippen molar-refractivity contribution in [2.75, 3.05) is 6.54 Å². The molecule has 2 aromatic carbocycles. The van der Waals surface area contributed by atoms with Crippen LogP contribution in [-0.4, -0.2) is 26.2 Å². The fraction of sp³-hybridized carbons (Fsp3) is 0.217. The van der Waals surface area contributed by atoms with Gasteiger partial charge in [0.15, 0.2) is 5.82 Å². The molecular formula is C23H19F3N4O. The highest BCUT2D eigenvalue weighted by Gasteiger charge is 2.31. The number of alkyl halides is 3. The molecule has 5 rings (SSSR count). The number of aromatic amines is 1. The van der Waals surface area contributed by atoms with E-state index in [4.69, 9.17) is 0 Å². The largest absolute Gasteiger partial charge is 0.417 e. The average molecular weight is 424 g/mol. The van der Waals surface area contributed by atoms with Gasteiger partial charge in [0.25, 0.3) is 5.56 Å². The van der Waals surface area contributed by atoms with Crippen LogP contribution in [0.1, 0.15) is 22.4 Å². The molecule has 0 fully saturated rings. The van der Waals surface area contributed by atoms with E-state index in [1.54, 1.807) is 0 Å². The summed E-state index contributed by atoms with van der Waals surface area (Å²) in [5, 5.41) is 5.38. The van der Waals surface area contributed by atoms with Crippen molar-refractivity contribution >= 4 is 10.8 Å². The number of aromatic nitrogens is 3. The second kappa shape index (κ2) is 7.39. The minimum Gasteiger partial charge on any atom is -0.294 e. The van der Waals surface area contributed by atoms with E-state index in [0.717, 1.165) is 24.5 Å². The molecule has 1 aliphatic rings. The van der Waals surface area contributed by atoms with Gasteiger partial charge in [0, 0.05) is 37.9 Å². The van der Waals surface area contributed by atoms with Gasteiger partial charge >= 0.3 is 6.18 Å². The molecule has 158 valence electrons. The number of nitrogens with zero attached hydrogens (tertiary/aromatic N) is 3. The Morgan fingerprint density at radius 1 is 1.03 bits per heavy atom. The van der Waals surface area contributed by atoms with E-state index < -0.39 is 11.7 Å². The van der Waals surface area contributed by atoms with E-state index >= 15 is 0 Å². The molecule has 5 nitrogen and oxygen atoms in total. The molecule has 0 saturated carbocycles. The minimum atomic E-state index is -4.46. The highest BCUT2D eigenvalue weighted by atomic mass is 19.4. The summed E-state index contributed by atoms with van der Waals surface area (Å²) in [5.41, 5.74) is 1.49. The first-order valence-corrected chi connectivity index (χ1v) is 9.95. The van der Waals surface area contributed by atoms with Crippen molar-refractivity contribution in [3.05, 3.63) is 93.5 Å². The molecule has 0 unspecified atom stereocenters. The average Bonchev–Trinajstić information content (AvgIpc) is 3.09. The summed E-state index contributed by atoms with van der Waals surface area (Å²) in [5.74, 6) is 0.147. The highest BCUT2D eigenvalue weighted by Crippen LogP contribution is 2.28. The third-order valence-corrected chi connectivity index (χ3v) is 5.66. The minimum absolute atomic E-state index is 0.147. The molecule has 0 saturated heterocycles. The lowest BCUT2D eigenvalue weighted by Gasteiger charge is -2.26. The third-order valence-electron chi connectivity index (χ3n) is 5.66. The Balaban J connectivity index is 1.37. The van der Waals surface area contributed by atoms with Gasteiger partial charge in [0.1, 0.15) is 0 Å². The number of rotatable bonds is 3. The monoisotopic (exact) mass is 424 g/mol. The van der Waals surface area contributed by atoms with E-state index in [-0.39, 0.29) is 11.4 Å². The number of pyridine rings is 1. The van der Waals surface area contributed by atoms with Crippen LogP contribution in [0.15, 0.2) is 65.6 Å². The maximum Gasteiger partial charge on any atom is 0.417 e. The summed E-state index contributed by atoms with van der Waals surface area (Å²) in [6, 6.07) is 16.7. The topological polar surface area (TPSA) is 53.9 Å². The number of fused-ring (bicyclic) bond motifs is 2. The molecule has 0 amide bonds. The molecule has 1 aliphatic heterocycles. The first-order chi connectivity index (χ1) is 14.9. The van der Waals surface area contributed by atoms with Gasteiger partial charge in [-0.15, -0.1) is 0 Å². The van der Waals surface area contributed by atoms with E-state index in [1.165, 1.54) is 27.1 Å². The van der Waals surface area contributed by atoms with Crippen LogP contribution in [0.25, 0.3) is 16.6 Å². The van der Waals surface area contributed by atoms with Crippen LogP contribution in [0.3, 0.4) is 0 Å². The summed E-state index contributed by atoms with van der Waals surface area (Å²) in [7, 11) is 0. The number of nitrogens with one attached hydrogen (secondary N) is 1. The second-order valence-electron chi connectivity index (χ2n) is 7.75. The first kappa shape index (κ1) is 19.6. The normalized spacial score (nSPS) is 14.7. The quantitative estimate of drug-likeness (QED) is 0.534. The molecule has 0 bridgehead atoms. The van der Waals surface area contributed by atoms with Crippen LogP contribution < -0.4 is 5.56 Å². The Bertz CT molecular complexity index is 1310. The molecule has 31 heavy (non-hydrogen) atoms. The molecule has 4 aromatic rings. The van der Waals surface area contributed by atoms with Crippen LogP contribution in [0.5, 0.6) is 0 Å². The number of hydrogen-bond donors (Lipinski definition) is 1. The van der Waals surface area contributed by atoms with Gasteiger partial charge in [-0.1, -0.05) is 36.4 Å². The molecule has 1 N–H and O–H groups in total. The number of H-pyrrole nitrogens is 1. The van der Waals surface area contributed by atoms with E-state index in [0.29, 0.717) is 25.1 Å². The van der Waals surface area contributed by atoms with Crippen LogP contribution in [0.2, 0.25) is 0 Å². The zero-order valence-corrected chi connectivity index (χ0v) is 16.5. The fourth-order valence-electron chi connectivity index (χ4n) is 4.04. The third kappa shape index (κ3) is 3.74. The number of hydrogen-bond acceptors (Lipinski definition) is 3. The highest BCUT2D eigenvalue weighted by molar-refractivity contribution is 5.82. The zero-order valence-electron chi connectivity index (χ0n) is 16.5. The summed E-state index contributed by atoms with van der Waals surface area (Å²) in [6.45, 7) is 1.97. The first-order valence-electron chi connectivity index (χ1n) is 9.95. The second-order valence-corrected chi connectivity index (χ2v) is 7.75. The van der Waals surface area contributed by atoms with Crippen molar-refractivity contribution in [2.45, 2.75) is 25.7 Å². The predicted molar refractivity (Wildman–Crippen MR) is 111 cm³/mol. The van der Waals surface area contributed by atoms with Gasteiger partial charge in [-0.3, -0.25) is 14.8 Å². The summed E-state index contributed by atoms with van der Waals surface area (Å²) < 4.78 is 39.5. The Labute approximate surface area is 175 Å². The van der Waals surface area contributed by atoms with Crippen LogP contribution >= 0.6 is 0 Å². The molecular weight excluding hydrogens is 405 g/mol. The van der Waals surface area contributed by atoms with Gasteiger partial charge in [0.05, 0.1) is 11.1 Å². The zero-order chi connectivity index (χ0) is 21.6. The van der Waals surface area contributed by atoms with Crippen LogP contribution in [-0.2, 0) is 25.7 Å². The predicted octanol–water partition coefficient (Wildman–Crippen LogP) is 4.29. The maximum atomic E-state index is 12.9. The van der Waals surface area contributed by atoms with Crippen molar-refractivity contribution in [2.24, 2.45) is 0 Å². The Morgan fingerprint density at radius 2 is 1.84 bits per heavy atom. The molecule has 0 atom stereocenters. The Kier molecular flexibility index (Phi) is 4.66. The van der Waals surface area contributed by atoms with Crippen LogP contribution in [0, 0.1) is 0 Å². The van der Waals surface area contributed by atoms with Gasteiger partial charge in [0.2, 0.25) is 0 Å². The SMILES string of the molecule is O=c1c2c([nH]n1-c1ccc(C(F)(F)F)cn1)CCN(Cc1ccc3ccccc3c1)C2. The molecule has 0 radical (unpaired) electrons. The molecule has 8 heteroatoms. The van der Waals surface area contributed by atoms with Crippen molar-refractivity contribution in [1.29, 1.82) is 0 Å². The van der Waals surface area contributed by atoms with Gasteiger partial charge in [-0.05, 0) is 34.5 Å². The molecule has 0 spiro atoms. The van der Waals surface area contributed by atoms with Crippen molar-refractivity contribution < 1.29 is 13.2 Å². The molecule has 0 aliphatic carbocycles. The van der Waals surface area contributed by atoms with E-state index in [2.05, 4.69) is 45.3 Å². The lowest BCUT2D eigenvalue weighted by molar-refractivity contribution is -0.137. The Hall–Kier alpha value is -3.39. The summed E-state index contributed by atoms with van der Waals surface area (Å²) in [6.07, 6.45) is -3.06. The summed E-state index contributed by atoms with van der Waals surface area (Å²) >= 11 is 0. The lowest BCUT2D eigenvalue weighted by atomic mass is 10.0. The van der Waals surface area contributed by atoms with Crippen LogP contribution in [0.4, 0.5) is 13.2 Å². The molecule has 3 heterocycles. The van der Waals surface area contributed by atoms with Crippen molar-refractivity contribution in [3.63, 3.8) is 0 Å². The molecule has 2 aromatic heterocycles. The van der Waals surface area contributed by atoms with E-state index in [1.807, 2.05) is 12.1 Å². The standard InChI is InChI=1S/C23H19F3N4O/c24-23(25,26)18-7-8-21(27-12-18)30-22(31)19-14-29(10-9-20(19)28-30)13-15-5-6-16-3-1-2-4-17(16)11-15/h1-8,11-12,28H,9-10,13-14H2. The summed E-state index contributed by atoms with van der Waals surface area (Å²) in [4.78, 5) is 18.9. The van der Waals surface area contributed by atoms with Gasteiger partial charge < -0.3 is 0 Å². The van der Waals surface area contributed by atoms with Gasteiger partial charge in [-0.2, -0.15) is 13.2 Å². The number of halogens is 3.